The van der Waals surface area contributed by atoms with Crippen LogP contribution in [0.3, 0.4) is 0 Å². The molecular weight excluding hydrogens is 448 g/mol. The molecule has 8 heteroatoms. The minimum Gasteiger partial charge on any atom is -0.384 e. The number of sulfone groups is 1. The molecule has 0 aliphatic heterocycles. The van der Waals surface area contributed by atoms with Crippen LogP contribution in [0.25, 0.3) is 11.1 Å². The molecule has 0 aromatic heterocycles. The number of urea groups is 1. The summed E-state index contributed by atoms with van der Waals surface area (Å²) >= 11 is 0. The Labute approximate surface area is 201 Å². The normalized spacial score (nSPS) is 11.3. The van der Waals surface area contributed by atoms with Gasteiger partial charge in [-0.1, -0.05) is 68.4 Å². The number of nitrogen functional groups attached to an aromatic ring is 1. The maximum absolute atomic E-state index is 13.2. The van der Waals surface area contributed by atoms with Crippen LogP contribution in [-0.4, -0.2) is 38.0 Å². The van der Waals surface area contributed by atoms with Crippen molar-refractivity contribution < 1.29 is 13.2 Å². The first-order valence-corrected chi connectivity index (χ1v) is 12.8. The van der Waals surface area contributed by atoms with E-state index < -0.39 is 9.84 Å². The summed E-state index contributed by atoms with van der Waals surface area (Å²) in [6.07, 6.45) is 1.16. The molecule has 0 atom stereocenters. The smallest absolute Gasteiger partial charge is 0.322 e. The van der Waals surface area contributed by atoms with E-state index in [4.69, 9.17) is 11.1 Å². The molecule has 2 amide bonds. The van der Waals surface area contributed by atoms with Crippen LogP contribution >= 0.6 is 0 Å². The van der Waals surface area contributed by atoms with Crippen molar-refractivity contribution in [1.82, 2.24) is 4.90 Å². The van der Waals surface area contributed by atoms with Crippen molar-refractivity contribution >= 4 is 27.4 Å². The molecule has 3 aromatic carbocycles. The van der Waals surface area contributed by atoms with Crippen LogP contribution in [0.1, 0.15) is 25.0 Å². The number of hydrogen-bond donors (Lipinski definition) is 3. The van der Waals surface area contributed by atoms with Crippen molar-refractivity contribution in [1.29, 1.82) is 5.41 Å². The van der Waals surface area contributed by atoms with Gasteiger partial charge in [0.15, 0.2) is 9.84 Å². The lowest BCUT2D eigenvalue weighted by Gasteiger charge is -2.25. The van der Waals surface area contributed by atoms with E-state index in [0.29, 0.717) is 29.9 Å². The maximum atomic E-state index is 13.2. The highest BCUT2D eigenvalue weighted by atomic mass is 32.2. The number of amidine groups is 1. The largest absolute Gasteiger partial charge is 0.384 e. The van der Waals surface area contributed by atoms with Gasteiger partial charge in [-0.2, -0.15) is 0 Å². The van der Waals surface area contributed by atoms with E-state index in [2.05, 4.69) is 5.32 Å². The van der Waals surface area contributed by atoms with Crippen LogP contribution in [-0.2, 0) is 16.4 Å². The summed E-state index contributed by atoms with van der Waals surface area (Å²) in [5, 5.41) is 10.5. The molecule has 4 N–H and O–H groups in total. The van der Waals surface area contributed by atoms with Gasteiger partial charge in [0, 0.05) is 36.2 Å². The minimum absolute atomic E-state index is 0.0338. The van der Waals surface area contributed by atoms with Crippen LogP contribution in [0.15, 0.2) is 77.7 Å². The second-order valence-corrected chi connectivity index (χ2v) is 10.7. The molecule has 0 aliphatic rings. The van der Waals surface area contributed by atoms with E-state index in [9.17, 15) is 13.2 Å². The topological polar surface area (TPSA) is 116 Å². The number of carbonyl (C=O) groups excluding carboxylic acids is 1. The average Bonchev–Trinajstić information content (AvgIpc) is 2.78. The molecule has 0 saturated heterocycles. The highest BCUT2D eigenvalue weighted by Gasteiger charge is 2.19. The molecule has 0 spiro atoms. The van der Waals surface area contributed by atoms with Crippen molar-refractivity contribution in [3.63, 3.8) is 0 Å². The molecule has 0 radical (unpaired) electrons. The molecule has 178 valence electrons. The fourth-order valence-electron chi connectivity index (χ4n) is 3.68. The van der Waals surface area contributed by atoms with Gasteiger partial charge in [0.1, 0.15) is 5.84 Å². The molecule has 0 saturated carbocycles. The first-order valence-electron chi connectivity index (χ1n) is 10.9. The Morgan fingerprint density at radius 2 is 1.74 bits per heavy atom. The second kappa shape index (κ2) is 10.5. The average molecular weight is 479 g/mol. The molecule has 0 aliphatic carbocycles. The first-order chi connectivity index (χ1) is 16.0. The van der Waals surface area contributed by atoms with E-state index in [1.165, 1.54) is 6.07 Å². The Morgan fingerprint density at radius 1 is 1.03 bits per heavy atom. The molecule has 0 unspecified atom stereocenters. The highest BCUT2D eigenvalue weighted by molar-refractivity contribution is 7.90. The zero-order chi connectivity index (χ0) is 24.9. The molecule has 34 heavy (non-hydrogen) atoms. The molecule has 0 fully saturated rings. The number of rotatable bonds is 8. The van der Waals surface area contributed by atoms with Gasteiger partial charge in [0.25, 0.3) is 0 Å². The Bertz CT molecular complexity index is 1290. The number of hydrogen-bond acceptors (Lipinski definition) is 4. The van der Waals surface area contributed by atoms with Gasteiger partial charge in [0.2, 0.25) is 0 Å². The van der Waals surface area contributed by atoms with Crippen molar-refractivity contribution in [2.24, 2.45) is 11.7 Å². The second-order valence-electron chi connectivity index (χ2n) is 8.67. The van der Waals surface area contributed by atoms with Gasteiger partial charge in [-0.05, 0) is 35.2 Å². The van der Waals surface area contributed by atoms with E-state index in [1.807, 2.05) is 50.2 Å². The SMILES string of the molecule is CC(C)CN(Cc1cccc(C(=N)N)c1)C(=O)Nc1ccc(-c2ccccc2)c(S(C)(=O)=O)c1. The van der Waals surface area contributed by atoms with Crippen LogP contribution in [0, 0.1) is 11.3 Å². The van der Waals surface area contributed by atoms with E-state index >= 15 is 0 Å². The van der Waals surface area contributed by atoms with Gasteiger partial charge < -0.3 is 16.0 Å². The fraction of sp³-hybridized carbons (Fsp3) is 0.231. The van der Waals surface area contributed by atoms with Crippen molar-refractivity contribution in [2.45, 2.75) is 25.3 Å². The van der Waals surface area contributed by atoms with Gasteiger partial charge in [-0.25, -0.2) is 13.2 Å². The van der Waals surface area contributed by atoms with Gasteiger partial charge >= 0.3 is 6.03 Å². The predicted molar refractivity (Wildman–Crippen MR) is 137 cm³/mol. The quantitative estimate of drug-likeness (QED) is 0.320. The number of amides is 2. The number of carbonyl (C=O) groups is 1. The fourth-order valence-corrected chi connectivity index (χ4v) is 4.61. The summed E-state index contributed by atoms with van der Waals surface area (Å²) in [7, 11) is -3.54. The summed E-state index contributed by atoms with van der Waals surface area (Å²) in [5.74, 6) is 0.183. The van der Waals surface area contributed by atoms with Crippen LogP contribution < -0.4 is 11.1 Å². The summed E-state index contributed by atoms with van der Waals surface area (Å²) < 4.78 is 25.0. The van der Waals surface area contributed by atoms with Gasteiger partial charge in [-0.3, -0.25) is 5.41 Å². The summed E-state index contributed by atoms with van der Waals surface area (Å²) in [6.45, 7) is 4.86. The van der Waals surface area contributed by atoms with E-state index in [0.717, 1.165) is 17.4 Å². The number of nitrogens with zero attached hydrogens (tertiary/aromatic N) is 1. The molecule has 3 aromatic rings. The summed E-state index contributed by atoms with van der Waals surface area (Å²) in [4.78, 5) is 15.0. The number of benzene rings is 3. The zero-order valence-corrected chi connectivity index (χ0v) is 20.4. The lowest BCUT2D eigenvalue weighted by atomic mass is 10.1. The monoisotopic (exact) mass is 478 g/mol. The first kappa shape index (κ1) is 25.0. The van der Waals surface area contributed by atoms with E-state index in [-0.39, 0.29) is 22.7 Å². The third-order valence-corrected chi connectivity index (χ3v) is 6.34. The molecule has 0 bridgehead atoms. The van der Waals surface area contributed by atoms with Crippen LogP contribution in [0.4, 0.5) is 10.5 Å². The Morgan fingerprint density at radius 3 is 2.35 bits per heavy atom. The highest BCUT2D eigenvalue weighted by Crippen LogP contribution is 2.30. The number of nitrogens with two attached hydrogens (primary N) is 1. The van der Waals surface area contributed by atoms with Crippen LogP contribution in [0.5, 0.6) is 0 Å². The number of anilines is 1. The molecular formula is C26H30N4O3S. The lowest BCUT2D eigenvalue weighted by molar-refractivity contribution is 0.201. The predicted octanol–water partition coefficient (Wildman–Crippen LogP) is 4.73. The van der Waals surface area contributed by atoms with E-state index in [1.54, 1.807) is 35.2 Å². The summed E-state index contributed by atoms with van der Waals surface area (Å²) in [6, 6.07) is 21.1. The Kier molecular flexibility index (Phi) is 7.73. The van der Waals surface area contributed by atoms with Crippen molar-refractivity contribution in [2.75, 3.05) is 18.1 Å². The molecule has 7 nitrogen and oxygen atoms in total. The van der Waals surface area contributed by atoms with Crippen molar-refractivity contribution in [3.05, 3.63) is 83.9 Å². The molecule has 3 rings (SSSR count). The molecule has 0 heterocycles. The third-order valence-electron chi connectivity index (χ3n) is 5.20. The lowest BCUT2D eigenvalue weighted by Crippen LogP contribution is -2.37. The van der Waals surface area contributed by atoms with Gasteiger partial charge in [0.05, 0.1) is 4.90 Å². The Balaban J connectivity index is 1.89. The Hall–Kier alpha value is -3.65. The standard InChI is InChI=1S/C26H30N4O3S/c1-18(2)16-30(17-19-8-7-11-21(14-19)25(27)28)26(31)29-22-12-13-23(20-9-5-4-6-10-20)24(15-22)34(3,32)33/h4-15,18H,16-17H2,1-3H3,(H3,27,28)(H,29,31). The zero-order valence-electron chi connectivity index (χ0n) is 19.6. The third kappa shape index (κ3) is 6.45. The van der Waals surface area contributed by atoms with Crippen molar-refractivity contribution in [3.8, 4) is 11.1 Å². The number of nitrogens with one attached hydrogen (secondary N) is 2. The van der Waals surface area contributed by atoms with Crippen LogP contribution in [0.2, 0.25) is 0 Å². The maximum Gasteiger partial charge on any atom is 0.322 e. The van der Waals surface area contributed by atoms with Gasteiger partial charge in [-0.15, -0.1) is 0 Å². The summed E-state index contributed by atoms with van der Waals surface area (Å²) in [5.41, 5.74) is 8.81. The minimum atomic E-state index is -3.54.